The Labute approximate surface area is 151 Å². The Bertz CT molecular complexity index is 705. The van der Waals surface area contributed by atoms with Crippen LogP contribution < -0.4 is 0 Å². The van der Waals surface area contributed by atoms with E-state index in [-0.39, 0.29) is 10.8 Å². The van der Waals surface area contributed by atoms with Crippen molar-refractivity contribution in [3.05, 3.63) is 76.9 Å². The summed E-state index contributed by atoms with van der Waals surface area (Å²) in [6.45, 7) is 13.0. The fourth-order valence-corrected chi connectivity index (χ4v) is 2.76. The van der Waals surface area contributed by atoms with Crippen molar-refractivity contribution in [1.82, 2.24) is 0 Å². The molecule has 2 aromatic rings. The molecule has 0 saturated heterocycles. The molecule has 0 spiro atoms. The summed E-state index contributed by atoms with van der Waals surface area (Å²) < 4.78 is 0. The second-order valence-electron chi connectivity index (χ2n) is 8.55. The molecule has 2 rings (SSSR count). The van der Waals surface area contributed by atoms with Crippen molar-refractivity contribution < 1.29 is 9.90 Å². The van der Waals surface area contributed by atoms with E-state index < -0.39 is 5.97 Å². The van der Waals surface area contributed by atoms with Gasteiger partial charge in [0.15, 0.2) is 0 Å². The molecule has 0 radical (unpaired) electrons. The Hall–Kier alpha value is -2.35. The van der Waals surface area contributed by atoms with E-state index in [4.69, 9.17) is 0 Å². The van der Waals surface area contributed by atoms with Crippen molar-refractivity contribution in [3.63, 3.8) is 0 Å². The van der Waals surface area contributed by atoms with Crippen molar-refractivity contribution in [2.75, 3.05) is 0 Å². The largest absolute Gasteiger partial charge is 0.478 e. The summed E-state index contributed by atoms with van der Waals surface area (Å²) in [5, 5.41) is 9.30. The zero-order valence-electron chi connectivity index (χ0n) is 16.1. The SMILES string of the molecule is CC(C)(C)c1ccc(C(=CC(=O)O)c2ccc(C(C)(C)C)cc2)cc1. The third-order valence-electron chi connectivity index (χ3n) is 4.39. The number of carboxylic acid groups (broad SMARTS) is 1. The Morgan fingerprint density at radius 3 is 1.28 bits per heavy atom. The van der Waals surface area contributed by atoms with Gasteiger partial charge in [0.05, 0.1) is 0 Å². The second kappa shape index (κ2) is 6.87. The number of benzene rings is 2. The molecule has 0 unspecified atom stereocenters. The number of hydrogen-bond donors (Lipinski definition) is 1. The second-order valence-corrected chi connectivity index (χ2v) is 8.55. The highest BCUT2D eigenvalue weighted by Crippen LogP contribution is 2.29. The minimum absolute atomic E-state index is 0.0730. The molecule has 132 valence electrons. The summed E-state index contributed by atoms with van der Waals surface area (Å²) in [7, 11) is 0. The van der Waals surface area contributed by atoms with Gasteiger partial charge in [-0.15, -0.1) is 0 Å². The number of carbonyl (C=O) groups is 1. The molecule has 2 heteroatoms. The van der Waals surface area contributed by atoms with Gasteiger partial charge in [-0.1, -0.05) is 90.1 Å². The van der Waals surface area contributed by atoms with Crippen LogP contribution in [0.3, 0.4) is 0 Å². The van der Waals surface area contributed by atoms with Crippen LogP contribution in [-0.4, -0.2) is 11.1 Å². The predicted molar refractivity (Wildman–Crippen MR) is 105 cm³/mol. The first-order chi connectivity index (χ1) is 11.5. The van der Waals surface area contributed by atoms with Gasteiger partial charge in [0.2, 0.25) is 0 Å². The van der Waals surface area contributed by atoms with Gasteiger partial charge in [0.25, 0.3) is 0 Å². The fourth-order valence-electron chi connectivity index (χ4n) is 2.76. The van der Waals surface area contributed by atoms with Crippen LogP contribution in [0, 0.1) is 0 Å². The highest BCUT2D eigenvalue weighted by atomic mass is 16.4. The van der Waals surface area contributed by atoms with Crippen LogP contribution in [0.4, 0.5) is 0 Å². The van der Waals surface area contributed by atoms with Gasteiger partial charge < -0.3 is 5.11 Å². The van der Waals surface area contributed by atoms with E-state index in [1.54, 1.807) is 0 Å². The Morgan fingerprint density at radius 1 is 0.720 bits per heavy atom. The van der Waals surface area contributed by atoms with E-state index in [1.165, 1.54) is 17.2 Å². The third kappa shape index (κ3) is 4.82. The first-order valence-corrected chi connectivity index (χ1v) is 8.65. The average Bonchev–Trinajstić information content (AvgIpc) is 2.51. The molecule has 0 aromatic heterocycles. The maximum Gasteiger partial charge on any atom is 0.328 e. The molecule has 0 amide bonds. The molecule has 0 aliphatic carbocycles. The molecule has 0 atom stereocenters. The van der Waals surface area contributed by atoms with Crippen molar-refractivity contribution in [2.24, 2.45) is 0 Å². The van der Waals surface area contributed by atoms with Crippen LogP contribution in [0.1, 0.15) is 63.8 Å². The Balaban J connectivity index is 2.46. The number of rotatable bonds is 3. The van der Waals surface area contributed by atoms with Gasteiger partial charge in [0, 0.05) is 6.08 Å². The number of aliphatic carboxylic acids is 1. The van der Waals surface area contributed by atoms with Crippen LogP contribution in [0.2, 0.25) is 0 Å². The van der Waals surface area contributed by atoms with Gasteiger partial charge in [-0.3, -0.25) is 0 Å². The lowest BCUT2D eigenvalue weighted by Gasteiger charge is -2.20. The highest BCUT2D eigenvalue weighted by molar-refractivity contribution is 5.95. The smallest absolute Gasteiger partial charge is 0.328 e. The van der Waals surface area contributed by atoms with Crippen LogP contribution in [-0.2, 0) is 15.6 Å². The summed E-state index contributed by atoms with van der Waals surface area (Å²) in [5.74, 6) is -0.935. The first kappa shape index (κ1) is 19.0. The van der Waals surface area contributed by atoms with E-state index in [9.17, 15) is 9.90 Å². The highest BCUT2D eigenvalue weighted by Gasteiger charge is 2.16. The predicted octanol–water partition coefficient (Wildman–Crippen LogP) is 5.80. The average molecular weight is 336 g/mol. The van der Waals surface area contributed by atoms with Crippen LogP contribution in [0.15, 0.2) is 54.6 Å². The zero-order chi connectivity index (χ0) is 18.8. The lowest BCUT2D eigenvalue weighted by molar-refractivity contribution is -0.131. The van der Waals surface area contributed by atoms with Crippen molar-refractivity contribution in [3.8, 4) is 0 Å². The molecule has 1 N–H and O–H groups in total. The minimum Gasteiger partial charge on any atom is -0.478 e. The van der Waals surface area contributed by atoms with Crippen LogP contribution in [0.5, 0.6) is 0 Å². The normalized spacial score (nSPS) is 11.9. The van der Waals surface area contributed by atoms with Gasteiger partial charge in [-0.2, -0.15) is 0 Å². The first-order valence-electron chi connectivity index (χ1n) is 8.65. The zero-order valence-corrected chi connectivity index (χ0v) is 16.1. The van der Waals surface area contributed by atoms with Crippen molar-refractivity contribution in [1.29, 1.82) is 0 Å². The van der Waals surface area contributed by atoms with Crippen LogP contribution in [0.25, 0.3) is 5.57 Å². The topological polar surface area (TPSA) is 37.3 Å². The minimum atomic E-state index is -0.935. The molecular formula is C23H28O2. The monoisotopic (exact) mass is 336 g/mol. The third-order valence-corrected chi connectivity index (χ3v) is 4.39. The van der Waals surface area contributed by atoms with E-state index in [0.29, 0.717) is 0 Å². The molecular weight excluding hydrogens is 308 g/mol. The molecule has 0 saturated carbocycles. The fraction of sp³-hybridized carbons (Fsp3) is 0.348. The maximum atomic E-state index is 11.3. The summed E-state index contributed by atoms with van der Waals surface area (Å²) in [6.07, 6.45) is 1.29. The lowest BCUT2D eigenvalue weighted by Crippen LogP contribution is -2.11. The quantitative estimate of drug-likeness (QED) is 0.719. The molecule has 0 aliphatic heterocycles. The summed E-state index contributed by atoms with van der Waals surface area (Å²) >= 11 is 0. The maximum absolute atomic E-state index is 11.3. The van der Waals surface area contributed by atoms with Gasteiger partial charge in [-0.25, -0.2) is 4.79 Å². The standard InChI is InChI=1S/C23H28O2/c1-22(2,3)18-11-7-16(8-12-18)20(15-21(24)25)17-9-13-19(14-10-17)23(4,5)6/h7-15H,1-6H3,(H,24,25). The van der Waals surface area contributed by atoms with E-state index in [1.807, 2.05) is 24.3 Å². The van der Waals surface area contributed by atoms with Crippen molar-refractivity contribution in [2.45, 2.75) is 52.4 Å². The number of carboxylic acids is 1. The van der Waals surface area contributed by atoms with Crippen molar-refractivity contribution >= 4 is 11.5 Å². The molecule has 0 bridgehead atoms. The lowest BCUT2D eigenvalue weighted by atomic mass is 9.84. The van der Waals surface area contributed by atoms with E-state index >= 15 is 0 Å². The molecule has 2 aromatic carbocycles. The molecule has 2 nitrogen and oxygen atoms in total. The van der Waals surface area contributed by atoms with Gasteiger partial charge >= 0.3 is 5.97 Å². The molecule has 25 heavy (non-hydrogen) atoms. The number of hydrogen-bond acceptors (Lipinski definition) is 1. The van der Waals surface area contributed by atoms with E-state index in [0.717, 1.165) is 16.7 Å². The molecule has 0 aliphatic rings. The Morgan fingerprint density at radius 2 is 1.04 bits per heavy atom. The summed E-state index contributed by atoms with van der Waals surface area (Å²) in [6, 6.07) is 16.3. The summed E-state index contributed by atoms with van der Waals surface area (Å²) in [5.41, 5.74) is 5.17. The van der Waals surface area contributed by atoms with Gasteiger partial charge in [0.1, 0.15) is 0 Å². The van der Waals surface area contributed by atoms with E-state index in [2.05, 4.69) is 65.8 Å². The molecule has 0 fully saturated rings. The summed E-state index contributed by atoms with van der Waals surface area (Å²) in [4.78, 5) is 11.3. The van der Waals surface area contributed by atoms with Gasteiger partial charge in [-0.05, 0) is 38.7 Å². The Kier molecular flexibility index (Phi) is 5.22. The molecule has 0 heterocycles. The van der Waals surface area contributed by atoms with Crippen LogP contribution >= 0.6 is 0 Å².